The van der Waals surface area contributed by atoms with Gasteiger partial charge in [0.2, 0.25) is 5.91 Å². The lowest BCUT2D eigenvalue weighted by Crippen LogP contribution is -2.50. The van der Waals surface area contributed by atoms with Gasteiger partial charge in [-0.3, -0.25) is 9.69 Å². The Morgan fingerprint density at radius 2 is 1.91 bits per heavy atom. The van der Waals surface area contributed by atoms with E-state index in [1.807, 2.05) is 54.8 Å². The van der Waals surface area contributed by atoms with E-state index in [1.54, 1.807) is 18.9 Å². The molecule has 4 rings (SSSR count). The van der Waals surface area contributed by atoms with Gasteiger partial charge in [-0.05, 0) is 41.6 Å². The van der Waals surface area contributed by atoms with Crippen LogP contribution in [0.15, 0.2) is 64.7 Å². The van der Waals surface area contributed by atoms with Crippen LogP contribution in [0.5, 0.6) is 5.75 Å². The molecule has 0 radical (unpaired) electrons. The van der Waals surface area contributed by atoms with Gasteiger partial charge in [0, 0.05) is 11.4 Å². The second-order valence-electron chi connectivity index (χ2n) is 7.30. The summed E-state index contributed by atoms with van der Waals surface area (Å²) in [4.78, 5) is 40.2. The minimum absolute atomic E-state index is 0.0350. The Morgan fingerprint density at radius 3 is 2.56 bits per heavy atom. The standard InChI is InChI=1S/C23H23N3O5S/c1-30-16-7-3-14(4-8-16)11-24-19(27)12-26-18-13-31-22(28)20(18)21(25-23(26)29)15-5-9-17(32-2)10-6-15/h3-10,21H,11-13H2,1-2H3,(H,24,27)(H,25,29)/t21-/m0/s1. The summed E-state index contributed by atoms with van der Waals surface area (Å²) in [6.45, 7) is 0.0619. The zero-order chi connectivity index (χ0) is 22.7. The lowest BCUT2D eigenvalue weighted by molar-refractivity contribution is -0.136. The zero-order valence-electron chi connectivity index (χ0n) is 17.7. The highest BCUT2D eigenvalue weighted by Gasteiger charge is 2.42. The number of amides is 3. The van der Waals surface area contributed by atoms with Gasteiger partial charge < -0.3 is 20.1 Å². The molecule has 0 unspecified atom stereocenters. The summed E-state index contributed by atoms with van der Waals surface area (Å²) in [6, 6.07) is 13.9. The van der Waals surface area contributed by atoms with E-state index in [2.05, 4.69) is 10.6 Å². The molecule has 32 heavy (non-hydrogen) atoms. The molecule has 0 fully saturated rings. The normalized spacial score (nSPS) is 17.6. The van der Waals surface area contributed by atoms with E-state index in [0.29, 0.717) is 17.8 Å². The van der Waals surface area contributed by atoms with E-state index < -0.39 is 18.0 Å². The summed E-state index contributed by atoms with van der Waals surface area (Å²) in [5.74, 6) is -0.0967. The number of benzene rings is 2. The van der Waals surface area contributed by atoms with Crippen LogP contribution >= 0.6 is 11.8 Å². The second-order valence-corrected chi connectivity index (χ2v) is 8.18. The van der Waals surface area contributed by atoms with E-state index in [1.165, 1.54) is 4.90 Å². The van der Waals surface area contributed by atoms with Crippen molar-refractivity contribution in [1.82, 2.24) is 15.5 Å². The minimum atomic E-state index is -0.609. The van der Waals surface area contributed by atoms with E-state index in [-0.39, 0.29) is 19.1 Å². The van der Waals surface area contributed by atoms with Gasteiger partial charge in [-0.15, -0.1) is 11.8 Å². The van der Waals surface area contributed by atoms with Crippen molar-refractivity contribution in [2.75, 3.05) is 26.5 Å². The third-order valence-electron chi connectivity index (χ3n) is 5.40. The third kappa shape index (κ3) is 4.43. The Kier molecular flexibility index (Phi) is 6.36. The molecule has 2 aromatic carbocycles. The Labute approximate surface area is 189 Å². The van der Waals surface area contributed by atoms with Crippen molar-refractivity contribution >= 4 is 29.7 Å². The Bertz CT molecular complexity index is 1070. The second kappa shape index (κ2) is 9.35. The monoisotopic (exact) mass is 453 g/mol. The predicted octanol–water partition coefficient (Wildman–Crippen LogP) is 2.61. The maximum absolute atomic E-state index is 12.8. The zero-order valence-corrected chi connectivity index (χ0v) is 18.5. The lowest BCUT2D eigenvalue weighted by Gasteiger charge is -2.32. The molecule has 2 N–H and O–H groups in total. The average Bonchev–Trinajstić information content (AvgIpc) is 3.21. The third-order valence-corrected chi connectivity index (χ3v) is 6.14. The maximum atomic E-state index is 12.8. The van der Waals surface area contributed by atoms with Crippen LogP contribution in [0.1, 0.15) is 17.2 Å². The van der Waals surface area contributed by atoms with Gasteiger partial charge in [0.1, 0.15) is 18.9 Å². The molecule has 0 bridgehead atoms. The van der Waals surface area contributed by atoms with Crippen LogP contribution in [-0.2, 0) is 20.9 Å². The Morgan fingerprint density at radius 1 is 1.19 bits per heavy atom. The van der Waals surface area contributed by atoms with Crippen LogP contribution in [0.3, 0.4) is 0 Å². The molecular formula is C23H23N3O5S. The predicted molar refractivity (Wildman–Crippen MR) is 119 cm³/mol. The summed E-state index contributed by atoms with van der Waals surface area (Å²) >= 11 is 1.61. The fourth-order valence-electron chi connectivity index (χ4n) is 3.67. The fraction of sp³-hybridized carbons (Fsp3) is 0.261. The van der Waals surface area contributed by atoms with Gasteiger partial charge in [0.15, 0.2) is 0 Å². The summed E-state index contributed by atoms with van der Waals surface area (Å²) in [5, 5.41) is 5.64. The summed E-state index contributed by atoms with van der Waals surface area (Å²) in [7, 11) is 1.59. The number of hydrogen-bond acceptors (Lipinski definition) is 6. The van der Waals surface area contributed by atoms with Crippen molar-refractivity contribution in [3.05, 3.63) is 70.9 Å². The molecule has 2 aromatic rings. The van der Waals surface area contributed by atoms with Gasteiger partial charge in [-0.25, -0.2) is 9.59 Å². The first-order chi connectivity index (χ1) is 15.5. The quantitative estimate of drug-likeness (QED) is 0.494. The van der Waals surface area contributed by atoms with Gasteiger partial charge in [-0.2, -0.15) is 0 Å². The van der Waals surface area contributed by atoms with Crippen molar-refractivity contribution in [2.24, 2.45) is 0 Å². The van der Waals surface area contributed by atoms with Crippen LogP contribution in [0.2, 0.25) is 0 Å². The number of rotatable bonds is 7. The topological polar surface area (TPSA) is 97.0 Å². The highest BCUT2D eigenvalue weighted by Crippen LogP contribution is 2.35. The number of nitrogens with zero attached hydrogens (tertiary/aromatic N) is 1. The number of carbonyl (C=O) groups is 3. The van der Waals surface area contributed by atoms with Crippen molar-refractivity contribution < 1.29 is 23.9 Å². The number of ether oxygens (including phenoxy) is 2. The molecule has 9 heteroatoms. The first-order valence-electron chi connectivity index (χ1n) is 10.0. The first-order valence-corrected chi connectivity index (χ1v) is 11.2. The van der Waals surface area contributed by atoms with Gasteiger partial charge in [0.05, 0.1) is 24.4 Å². The largest absolute Gasteiger partial charge is 0.497 e. The Hall–Kier alpha value is -3.46. The molecule has 166 valence electrons. The smallest absolute Gasteiger partial charge is 0.338 e. The van der Waals surface area contributed by atoms with Gasteiger partial charge in [-0.1, -0.05) is 24.3 Å². The highest BCUT2D eigenvalue weighted by atomic mass is 32.2. The molecule has 1 atom stereocenters. The van der Waals surface area contributed by atoms with Crippen molar-refractivity contribution in [2.45, 2.75) is 17.5 Å². The summed E-state index contributed by atoms with van der Waals surface area (Å²) < 4.78 is 10.3. The highest BCUT2D eigenvalue weighted by molar-refractivity contribution is 7.98. The minimum Gasteiger partial charge on any atom is -0.497 e. The molecule has 2 aliphatic rings. The molecule has 0 saturated heterocycles. The molecule has 2 aliphatic heterocycles. The van der Waals surface area contributed by atoms with Crippen LogP contribution in [0.25, 0.3) is 0 Å². The van der Waals surface area contributed by atoms with E-state index in [4.69, 9.17) is 9.47 Å². The number of thioether (sulfide) groups is 1. The van der Waals surface area contributed by atoms with Gasteiger partial charge in [0.25, 0.3) is 0 Å². The van der Waals surface area contributed by atoms with E-state index in [0.717, 1.165) is 21.8 Å². The van der Waals surface area contributed by atoms with Crippen LogP contribution in [0, 0.1) is 0 Å². The summed E-state index contributed by atoms with van der Waals surface area (Å²) in [5.41, 5.74) is 2.48. The number of methoxy groups -OCH3 is 1. The lowest BCUT2D eigenvalue weighted by atomic mass is 9.96. The van der Waals surface area contributed by atoms with Crippen molar-refractivity contribution in [3.8, 4) is 5.75 Å². The van der Waals surface area contributed by atoms with Crippen LogP contribution < -0.4 is 15.4 Å². The number of esters is 1. The van der Waals surface area contributed by atoms with Crippen LogP contribution in [-0.4, -0.2) is 49.3 Å². The van der Waals surface area contributed by atoms with Crippen molar-refractivity contribution in [1.29, 1.82) is 0 Å². The molecule has 2 heterocycles. The average molecular weight is 454 g/mol. The Balaban J connectivity index is 1.48. The fourth-order valence-corrected chi connectivity index (χ4v) is 4.08. The number of carbonyl (C=O) groups excluding carboxylic acids is 3. The number of urea groups is 1. The molecule has 0 saturated carbocycles. The van der Waals surface area contributed by atoms with Crippen LogP contribution in [0.4, 0.5) is 4.79 Å². The van der Waals surface area contributed by atoms with Gasteiger partial charge >= 0.3 is 12.0 Å². The summed E-state index contributed by atoms with van der Waals surface area (Å²) in [6.07, 6.45) is 1.98. The number of nitrogens with one attached hydrogen (secondary N) is 2. The maximum Gasteiger partial charge on any atom is 0.338 e. The molecule has 0 aromatic heterocycles. The van der Waals surface area contributed by atoms with Crippen molar-refractivity contribution in [3.63, 3.8) is 0 Å². The number of cyclic esters (lactones) is 1. The van der Waals surface area contributed by atoms with E-state index in [9.17, 15) is 14.4 Å². The molecular weight excluding hydrogens is 430 g/mol. The first kappa shape index (κ1) is 21.8. The SMILES string of the molecule is COc1ccc(CNC(=O)CN2C(=O)N[C@@H](c3ccc(SC)cc3)C3=C2COC3=O)cc1. The molecule has 0 aliphatic carbocycles. The van der Waals surface area contributed by atoms with E-state index >= 15 is 0 Å². The number of hydrogen-bond donors (Lipinski definition) is 2. The molecule has 3 amide bonds. The molecule has 0 spiro atoms. The molecule has 8 nitrogen and oxygen atoms in total.